The van der Waals surface area contributed by atoms with Crippen molar-refractivity contribution in [1.29, 1.82) is 0 Å². The molecule has 0 amide bonds. The van der Waals surface area contributed by atoms with Gasteiger partial charge in [0.15, 0.2) is 0 Å². The van der Waals surface area contributed by atoms with E-state index in [9.17, 15) is 0 Å². The monoisotopic (exact) mass is 1110 g/mol. The lowest BCUT2D eigenvalue weighted by Gasteiger charge is -2.32. The summed E-state index contributed by atoms with van der Waals surface area (Å²) in [6.45, 7) is 8.94. The Balaban J connectivity index is 1.02. The van der Waals surface area contributed by atoms with Crippen LogP contribution in [-0.2, 0) is 0 Å². The number of benzene rings is 20. The third-order valence-electron chi connectivity index (χ3n) is 23.4. The van der Waals surface area contributed by atoms with Crippen molar-refractivity contribution in [3.63, 3.8) is 0 Å². The van der Waals surface area contributed by atoms with E-state index in [0.29, 0.717) is 0 Å². The molecule has 88 heavy (non-hydrogen) atoms. The fourth-order valence-corrected chi connectivity index (χ4v) is 20.8. The van der Waals surface area contributed by atoms with Crippen molar-refractivity contribution in [3.8, 4) is 0 Å². The van der Waals surface area contributed by atoms with E-state index in [0.717, 1.165) is 120 Å². The third-order valence-corrected chi connectivity index (χ3v) is 23.4. The predicted octanol–water partition coefficient (Wildman–Crippen LogP) is 18.4. The largest absolute Gasteiger partial charge is 0.260 e. The maximum Gasteiger partial charge on any atom is 0.116 e. The molecule has 0 saturated heterocycles. The van der Waals surface area contributed by atoms with Gasteiger partial charge in [-0.3, -0.25) is 19.9 Å². The minimum absolute atomic E-state index is 0.832. The SMILES string of the molecule is Cc1ncc2c3ncnc4c5ncnc6c7cnc8c9cc%10c%11ccc(C)c%12c%13c(C)ncc%14c%15ncnc%16c%17ncnc%18c%19cnc%20c%21cc%22c%23ccc(C)c%24c1c2c1c(c34)c(c65)c2c7c8c(c%21c9c3c%10c4c(c%11%12)c(c%14%13)c(c%15%16)c(c%18%17)c4c%19c%203)c%22c2c1c%23%24. The highest BCUT2D eigenvalue weighted by Gasteiger charge is 2.40. The van der Waals surface area contributed by atoms with Gasteiger partial charge in [0.05, 0.1) is 33.1 Å². The number of fused-ring (bicyclic) bond motifs is 12. The Bertz CT molecular complexity index is 7780. The van der Waals surface area contributed by atoms with Gasteiger partial charge in [0.1, 0.15) is 47.4 Å². The van der Waals surface area contributed by atoms with Crippen molar-refractivity contribution < 1.29 is 0 Å². The van der Waals surface area contributed by atoms with E-state index in [2.05, 4.69) is 88.9 Å². The Morgan fingerprint density at radius 1 is 0.170 bits per heavy atom. The molecule has 0 fully saturated rings. The second-order valence-corrected chi connectivity index (χ2v) is 26.4. The van der Waals surface area contributed by atoms with E-state index >= 15 is 0 Å². The smallest absolute Gasteiger partial charge is 0.116 e. The molecule has 0 aliphatic heterocycles. The summed E-state index contributed by atoms with van der Waals surface area (Å²) in [7, 11) is 0. The lowest BCUT2D eigenvalue weighted by Crippen LogP contribution is -2.06. The predicted molar refractivity (Wildman–Crippen MR) is 359 cm³/mol. The second kappa shape index (κ2) is 11.7. The summed E-state index contributed by atoms with van der Waals surface area (Å²) in [6, 6.07) is 14.6. The summed E-state index contributed by atoms with van der Waals surface area (Å²) in [4.78, 5) is 64.1. The zero-order valence-corrected chi connectivity index (χ0v) is 46.4. The molecule has 8 aromatic heterocycles. The van der Waals surface area contributed by atoms with Crippen molar-refractivity contribution in [2.24, 2.45) is 0 Å². The van der Waals surface area contributed by atoms with Gasteiger partial charge in [0, 0.05) is 198 Å². The Labute approximate surface area is 486 Å². The van der Waals surface area contributed by atoms with Crippen molar-refractivity contribution in [3.05, 3.63) is 109 Å². The fraction of sp³-hybridized carbons (Fsp3) is 0.0526. The molecule has 20 aromatic carbocycles. The molecule has 12 heteroatoms. The van der Waals surface area contributed by atoms with Crippen LogP contribution in [0, 0.1) is 27.7 Å². The maximum atomic E-state index is 5.89. The highest BCUT2D eigenvalue weighted by molar-refractivity contribution is 6.67. The van der Waals surface area contributed by atoms with Crippen LogP contribution in [0.5, 0.6) is 0 Å². The van der Waals surface area contributed by atoms with Gasteiger partial charge in [-0.15, -0.1) is 0 Å². The van der Waals surface area contributed by atoms with Gasteiger partial charge >= 0.3 is 0 Å². The average Bonchev–Trinajstić information content (AvgIpc) is 0.637. The lowest BCUT2D eigenvalue weighted by atomic mass is 9.71. The van der Waals surface area contributed by atoms with Gasteiger partial charge < -0.3 is 0 Å². The fourth-order valence-electron chi connectivity index (χ4n) is 20.8. The van der Waals surface area contributed by atoms with Gasteiger partial charge in [-0.2, -0.15) is 0 Å². The maximum absolute atomic E-state index is 5.89. The van der Waals surface area contributed by atoms with E-state index < -0.39 is 0 Å². The normalized spacial score (nSPS) is 14.4. The number of rotatable bonds is 0. The number of hydrogen-bond donors (Lipinski definition) is 0. The molecule has 12 nitrogen and oxygen atoms in total. The molecule has 390 valence electrons. The van der Waals surface area contributed by atoms with Crippen LogP contribution in [0.2, 0.25) is 0 Å². The highest BCUT2D eigenvalue weighted by Crippen LogP contribution is 2.66. The van der Waals surface area contributed by atoms with Crippen LogP contribution in [0.25, 0.3) is 292 Å². The Morgan fingerprint density at radius 3 is 0.773 bits per heavy atom. The average molecular weight is 1110 g/mol. The molecule has 0 bridgehead atoms. The molecule has 0 radical (unpaired) electrons. The molecule has 0 aliphatic carbocycles. The first-order valence-corrected chi connectivity index (χ1v) is 30.2. The summed E-state index contributed by atoms with van der Waals surface area (Å²) in [5.74, 6) is 0. The van der Waals surface area contributed by atoms with Gasteiger partial charge in [0.25, 0.3) is 0 Å². The first-order valence-electron chi connectivity index (χ1n) is 30.2. The highest BCUT2D eigenvalue weighted by atomic mass is 14.9. The minimum atomic E-state index is 0.832. The van der Waals surface area contributed by atoms with Crippen LogP contribution in [0.15, 0.2) is 86.5 Å². The lowest BCUT2D eigenvalue weighted by molar-refractivity contribution is 1.23. The summed E-state index contributed by atoms with van der Waals surface area (Å²) < 4.78 is 0. The molecule has 0 saturated carbocycles. The number of nitrogens with zero attached hydrogens (tertiary/aromatic N) is 12. The van der Waals surface area contributed by atoms with E-state index in [1.807, 2.05) is 0 Å². The Hall–Kier alpha value is -11.8. The summed E-state index contributed by atoms with van der Waals surface area (Å²) in [6.07, 6.45) is 15.3. The summed E-state index contributed by atoms with van der Waals surface area (Å²) in [5.41, 5.74) is 13.4. The topological polar surface area (TPSA) is 155 Å². The zero-order chi connectivity index (χ0) is 55.9. The number of pyridine rings is 4. The first-order chi connectivity index (χ1) is 43.4. The number of hydrogen-bond acceptors (Lipinski definition) is 12. The van der Waals surface area contributed by atoms with E-state index in [4.69, 9.17) is 59.8 Å². The van der Waals surface area contributed by atoms with Crippen LogP contribution >= 0.6 is 0 Å². The molecular formula is C76H26N12. The van der Waals surface area contributed by atoms with Crippen LogP contribution in [-0.4, -0.2) is 59.8 Å². The minimum Gasteiger partial charge on any atom is -0.260 e. The van der Waals surface area contributed by atoms with Crippen molar-refractivity contribution in [1.82, 2.24) is 59.8 Å². The van der Waals surface area contributed by atoms with Crippen LogP contribution in [0.1, 0.15) is 22.5 Å². The number of aryl methyl sites for hydroxylation is 4. The quantitative estimate of drug-likeness (QED) is 0.105. The van der Waals surface area contributed by atoms with E-state index in [1.54, 1.807) is 25.3 Å². The Kier molecular flexibility index (Phi) is 5.39. The molecule has 28 aromatic rings. The van der Waals surface area contributed by atoms with E-state index in [1.165, 1.54) is 194 Å². The molecule has 28 rings (SSSR count). The van der Waals surface area contributed by atoms with Gasteiger partial charge in [-0.25, -0.2) is 39.9 Å². The molecule has 0 aliphatic rings. The van der Waals surface area contributed by atoms with Crippen LogP contribution in [0.4, 0.5) is 0 Å². The molecule has 0 unspecified atom stereocenters. The van der Waals surface area contributed by atoms with Crippen molar-refractivity contribution in [2.45, 2.75) is 27.7 Å². The molecule has 0 N–H and O–H groups in total. The van der Waals surface area contributed by atoms with Crippen LogP contribution < -0.4 is 0 Å². The van der Waals surface area contributed by atoms with Crippen molar-refractivity contribution in [2.75, 3.05) is 0 Å². The second-order valence-electron chi connectivity index (χ2n) is 26.4. The van der Waals surface area contributed by atoms with Gasteiger partial charge in [0.2, 0.25) is 0 Å². The molecular weight excluding hydrogens is 1080 g/mol. The third kappa shape index (κ3) is 3.40. The molecule has 0 atom stereocenters. The van der Waals surface area contributed by atoms with Crippen molar-refractivity contribution >= 4 is 292 Å². The first kappa shape index (κ1) is 40.5. The summed E-state index contributed by atoms with van der Waals surface area (Å²) >= 11 is 0. The van der Waals surface area contributed by atoms with E-state index in [-0.39, 0.29) is 0 Å². The number of aromatic nitrogens is 12. The standard InChI is InChI=1S/C76H26N12/c1-19-5-7-23-25-9-27-41-42-28(68-61-45-31(13-80-68)71-65-59-55(45)51(39(25)47(41)61)49-37(23)33(19)35-21(3)77-11-29-43(35)53(49)57(59)63-69(29)81-15-85-73(63)75(65)87-17-83-71)10-26-24-8-6-20(2)34-36-22(4)78-12-30-44(36)54-50(38(24)34)52-40(26)48(42)62-46-32(14-79-67(27)62)72-66-60(56(46)52)58(54)64-70(30)82-16-86-74(64)76(66)88-18-84-72/h5-18H,1-4H3. The van der Waals surface area contributed by atoms with Crippen LogP contribution in [0.3, 0.4) is 0 Å². The zero-order valence-electron chi connectivity index (χ0n) is 46.4. The Morgan fingerprint density at radius 2 is 0.420 bits per heavy atom. The summed E-state index contributed by atoms with van der Waals surface area (Å²) in [5, 5.41) is 52.3. The molecule has 0 spiro atoms. The van der Waals surface area contributed by atoms with Gasteiger partial charge in [-0.1, -0.05) is 24.3 Å². The molecule has 8 heterocycles. The van der Waals surface area contributed by atoms with Gasteiger partial charge in [-0.05, 0) is 126 Å².